The molecule has 1 aromatic carbocycles. The van der Waals surface area contributed by atoms with Crippen LogP contribution in [0.2, 0.25) is 0 Å². The predicted octanol–water partition coefficient (Wildman–Crippen LogP) is 1.88. The van der Waals surface area contributed by atoms with Crippen LogP contribution in [-0.4, -0.2) is 35.6 Å². The molecule has 104 valence electrons. The van der Waals surface area contributed by atoms with Crippen molar-refractivity contribution in [1.29, 1.82) is 0 Å². The van der Waals surface area contributed by atoms with Crippen LogP contribution in [0.15, 0.2) is 18.2 Å². The highest BCUT2D eigenvalue weighted by Crippen LogP contribution is 2.26. The van der Waals surface area contributed by atoms with Gasteiger partial charge in [0.1, 0.15) is 11.6 Å². The first-order valence-corrected chi connectivity index (χ1v) is 6.46. The largest absolute Gasteiger partial charge is 0.483 e. The number of amides is 1. The highest BCUT2D eigenvalue weighted by atomic mass is 19.1. The summed E-state index contributed by atoms with van der Waals surface area (Å²) in [6.45, 7) is 3.00. The van der Waals surface area contributed by atoms with Crippen molar-refractivity contribution in [3.63, 3.8) is 0 Å². The zero-order valence-electron chi connectivity index (χ0n) is 10.9. The highest BCUT2D eigenvalue weighted by Gasteiger charge is 2.19. The monoisotopic (exact) mass is 267 g/mol. The molecule has 0 unspecified atom stereocenters. The van der Waals surface area contributed by atoms with E-state index in [9.17, 15) is 14.3 Å². The summed E-state index contributed by atoms with van der Waals surface area (Å²) in [5, 5.41) is 9.56. The Labute approximate surface area is 111 Å². The molecule has 1 heterocycles. The molecular formula is C14H18FNO3. The predicted molar refractivity (Wildman–Crippen MR) is 68.3 cm³/mol. The number of rotatable bonds is 4. The number of hydrogen-bond donors (Lipinski definition) is 1. The molecule has 19 heavy (non-hydrogen) atoms. The molecule has 0 spiro atoms. The first-order chi connectivity index (χ1) is 9.08. The molecule has 1 fully saturated rings. The fourth-order valence-electron chi connectivity index (χ4n) is 2.17. The summed E-state index contributed by atoms with van der Waals surface area (Å²) in [6.07, 6.45) is 1.22. The fourth-order valence-corrected chi connectivity index (χ4v) is 2.17. The Kier molecular flexibility index (Phi) is 4.37. The smallest absolute Gasteiger partial charge is 0.260 e. The van der Waals surface area contributed by atoms with Crippen molar-refractivity contribution in [2.45, 2.75) is 25.9 Å². The van der Waals surface area contributed by atoms with Crippen LogP contribution in [-0.2, 0) is 4.79 Å². The van der Waals surface area contributed by atoms with E-state index in [1.165, 1.54) is 25.1 Å². The van der Waals surface area contributed by atoms with Crippen LogP contribution in [0.1, 0.15) is 31.4 Å². The number of likely N-dealkylation sites (tertiary alicyclic amines) is 1. The second-order valence-electron chi connectivity index (χ2n) is 4.73. The number of aliphatic hydroxyl groups is 1. The van der Waals surface area contributed by atoms with Crippen molar-refractivity contribution >= 4 is 5.91 Å². The number of halogens is 1. The lowest BCUT2D eigenvalue weighted by Crippen LogP contribution is -2.32. The maximum atomic E-state index is 13.1. The van der Waals surface area contributed by atoms with Gasteiger partial charge >= 0.3 is 0 Å². The number of hydrogen-bond acceptors (Lipinski definition) is 3. The van der Waals surface area contributed by atoms with Crippen LogP contribution in [0.4, 0.5) is 4.39 Å². The Morgan fingerprint density at radius 2 is 2.16 bits per heavy atom. The molecule has 0 bridgehead atoms. The second-order valence-corrected chi connectivity index (χ2v) is 4.73. The van der Waals surface area contributed by atoms with Crippen LogP contribution >= 0.6 is 0 Å². The number of ether oxygens (including phenoxy) is 1. The molecule has 1 N–H and O–H groups in total. The first-order valence-electron chi connectivity index (χ1n) is 6.46. The molecule has 1 aliphatic rings. The second kappa shape index (κ2) is 6.02. The minimum atomic E-state index is -0.840. The Balaban J connectivity index is 2.00. The molecule has 2 rings (SSSR count). The molecule has 0 radical (unpaired) electrons. The van der Waals surface area contributed by atoms with Gasteiger partial charge < -0.3 is 14.7 Å². The Hall–Kier alpha value is -1.62. The third-order valence-corrected chi connectivity index (χ3v) is 3.23. The molecule has 1 aliphatic heterocycles. The van der Waals surface area contributed by atoms with Gasteiger partial charge in [-0.25, -0.2) is 4.39 Å². The summed E-state index contributed by atoms with van der Waals surface area (Å²) in [7, 11) is 0. The lowest BCUT2D eigenvalue weighted by atomic mass is 10.1. The van der Waals surface area contributed by atoms with E-state index in [0.717, 1.165) is 25.9 Å². The van der Waals surface area contributed by atoms with Gasteiger partial charge in [-0.2, -0.15) is 0 Å². The molecule has 1 atom stereocenters. The molecule has 4 nitrogen and oxygen atoms in total. The molecule has 0 aliphatic carbocycles. The van der Waals surface area contributed by atoms with Crippen molar-refractivity contribution in [1.82, 2.24) is 4.90 Å². The van der Waals surface area contributed by atoms with Crippen LogP contribution in [0.25, 0.3) is 0 Å². The van der Waals surface area contributed by atoms with Gasteiger partial charge in [-0.15, -0.1) is 0 Å². The molecule has 1 saturated heterocycles. The minimum Gasteiger partial charge on any atom is -0.483 e. The van der Waals surface area contributed by atoms with E-state index in [2.05, 4.69) is 0 Å². The number of carbonyl (C=O) groups excluding carboxylic acids is 1. The summed E-state index contributed by atoms with van der Waals surface area (Å²) in [4.78, 5) is 13.6. The van der Waals surface area contributed by atoms with Crippen molar-refractivity contribution in [3.8, 4) is 5.75 Å². The fraction of sp³-hybridized carbons (Fsp3) is 0.500. The van der Waals surface area contributed by atoms with E-state index in [0.29, 0.717) is 11.3 Å². The summed E-state index contributed by atoms with van der Waals surface area (Å²) in [5.74, 6) is -0.156. The van der Waals surface area contributed by atoms with Gasteiger partial charge in [0.05, 0.1) is 6.10 Å². The SMILES string of the molecule is C[C@H](O)c1cc(F)ccc1OCC(=O)N1CCCC1. The van der Waals surface area contributed by atoms with Gasteiger partial charge in [0.15, 0.2) is 6.61 Å². The molecule has 1 amide bonds. The quantitative estimate of drug-likeness (QED) is 0.906. The minimum absolute atomic E-state index is 0.0710. The third-order valence-electron chi connectivity index (χ3n) is 3.23. The van der Waals surface area contributed by atoms with E-state index in [-0.39, 0.29) is 12.5 Å². The van der Waals surface area contributed by atoms with Gasteiger partial charge in [0.25, 0.3) is 5.91 Å². The van der Waals surface area contributed by atoms with Crippen molar-refractivity contribution < 1.29 is 19.0 Å². The van der Waals surface area contributed by atoms with Crippen molar-refractivity contribution in [3.05, 3.63) is 29.6 Å². The van der Waals surface area contributed by atoms with E-state index in [1.54, 1.807) is 4.90 Å². The van der Waals surface area contributed by atoms with Crippen LogP contribution in [0.5, 0.6) is 5.75 Å². The molecule has 0 saturated carbocycles. The lowest BCUT2D eigenvalue weighted by Gasteiger charge is -2.17. The Bertz CT molecular complexity index is 456. The number of carbonyl (C=O) groups is 1. The van der Waals surface area contributed by atoms with Gasteiger partial charge in [0.2, 0.25) is 0 Å². The Morgan fingerprint density at radius 3 is 2.79 bits per heavy atom. The summed E-state index contributed by atoms with van der Waals surface area (Å²) < 4.78 is 18.5. The molecule has 0 aromatic heterocycles. The highest BCUT2D eigenvalue weighted by molar-refractivity contribution is 5.78. The average molecular weight is 267 g/mol. The average Bonchev–Trinajstić information content (AvgIpc) is 2.90. The standard InChI is InChI=1S/C14H18FNO3/c1-10(17)12-8-11(15)4-5-13(12)19-9-14(18)16-6-2-3-7-16/h4-5,8,10,17H,2-3,6-7,9H2,1H3/t10-/m0/s1. The van der Waals surface area contributed by atoms with Crippen LogP contribution in [0.3, 0.4) is 0 Å². The maximum absolute atomic E-state index is 13.1. The van der Waals surface area contributed by atoms with Crippen LogP contribution < -0.4 is 4.74 Å². The lowest BCUT2D eigenvalue weighted by molar-refractivity contribution is -0.132. The van der Waals surface area contributed by atoms with Crippen molar-refractivity contribution in [2.24, 2.45) is 0 Å². The van der Waals surface area contributed by atoms with Crippen molar-refractivity contribution in [2.75, 3.05) is 19.7 Å². The third kappa shape index (κ3) is 3.44. The van der Waals surface area contributed by atoms with Gasteiger partial charge in [0, 0.05) is 18.7 Å². The molecular weight excluding hydrogens is 249 g/mol. The number of aliphatic hydroxyl groups excluding tert-OH is 1. The maximum Gasteiger partial charge on any atom is 0.260 e. The summed E-state index contributed by atoms with van der Waals surface area (Å²) in [5.41, 5.74) is 0.356. The Morgan fingerprint density at radius 1 is 1.47 bits per heavy atom. The summed E-state index contributed by atoms with van der Waals surface area (Å²) >= 11 is 0. The first kappa shape index (κ1) is 13.8. The molecule has 5 heteroatoms. The van der Waals surface area contributed by atoms with Gasteiger partial charge in [-0.05, 0) is 38.0 Å². The van der Waals surface area contributed by atoms with E-state index >= 15 is 0 Å². The van der Waals surface area contributed by atoms with E-state index in [1.807, 2.05) is 0 Å². The number of nitrogens with zero attached hydrogens (tertiary/aromatic N) is 1. The normalized spacial score (nSPS) is 16.5. The zero-order chi connectivity index (χ0) is 13.8. The molecule has 1 aromatic rings. The van der Waals surface area contributed by atoms with Gasteiger partial charge in [-0.1, -0.05) is 0 Å². The summed E-state index contributed by atoms with van der Waals surface area (Å²) in [6, 6.07) is 3.91. The zero-order valence-corrected chi connectivity index (χ0v) is 10.9. The van der Waals surface area contributed by atoms with Crippen LogP contribution in [0, 0.1) is 5.82 Å². The van der Waals surface area contributed by atoms with Gasteiger partial charge in [-0.3, -0.25) is 4.79 Å². The van der Waals surface area contributed by atoms with E-state index in [4.69, 9.17) is 4.74 Å². The van der Waals surface area contributed by atoms with E-state index < -0.39 is 11.9 Å². The topological polar surface area (TPSA) is 49.8 Å². The number of benzene rings is 1.